The Labute approximate surface area is 223 Å². The molecule has 190 valence electrons. The smallest absolute Gasteiger partial charge is 0.126 e. The maximum Gasteiger partial charge on any atom is 0.126 e. The van der Waals surface area contributed by atoms with Gasteiger partial charge >= 0.3 is 0 Å². The third-order valence-electron chi connectivity index (χ3n) is 6.97. The molecule has 0 aromatic heterocycles. The molecule has 0 saturated heterocycles. The van der Waals surface area contributed by atoms with Crippen molar-refractivity contribution in [1.29, 1.82) is 0 Å². The molecule has 0 spiro atoms. The molecule has 1 heterocycles. The largest absolute Gasteiger partial charge is 0.493 e. The lowest BCUT2D eigenvalue weighted by molar-refractivity contribution is 0.0560. The first-order chi connectivity index (χ1) is 16.1. The molecule has 2 rings (SSSR count). The Bertz CT molecular complexity index is 889. The number of alkyl halides is 1. The molecule has 0 radical (unpaired) electrons. The highest BCUT2D eigenvalue weighted by molar-refractivity contribution is 14.1. The fourth-order valence-corrected chi connectivity index (χ4v) is 4.79. The Hall–Kier alpha value is -1.23. The Morgan fingerprint density at radius 2 is 1.65 bits per heavy atom. The Balaban J connectivity index is 1.88. The van der Waals surface area contributed by atoms with Crippen LogP contribution in [0.4, 0.5) is 0 Å². The number of benzene rings is 1. The Kier molecular flexibility index (Phi) is 12.2. The number of hydrogen-bond donors (Lipinski definition) is 0. The van der Waals surface area contributed by atoms with Gasteiger partial charge in [-0.05, 0) is 129 Å². The van der Waals surface area contributed by atoms with Gasteiger partial charge in [0.1, 0.15) is 17.1 Å². The van der Waals surface area contributed by atoms with E-state index in [2.05, 4.69) is 95.4 Å². The lowest BCUT2D eigenvalue weighted by atomic mass is 9.86. The van der Waals surface area contributed by atoms with Crippen LogP contribution >= 0.6 is 22.6 Å². The third kappa shape index (κ3) is 9.43. The summed E-state index contributed by atoms with van der Waals surface area (Å²) in [6.45, 7) is 16.3. The quantitative estimate of drug-likeness (QED) is 0.100. The maximum absolute atomic E-state index is 6.66. The van der Waals surface area contributed by atoms with Gasteiger partial charge in [0, 0.05) is 4.43 Å². The zero-order valence-corrected chi connectivity index (χ0v) is 24.9. The number of rotatable bonds is 13. The summed E-state index contributed by atoms with van der Waals surface area (Å²) in [5.41, 5.74) is 8.10. The first kappa shape index (κ1) is 29.0. The van der Waals surface area contributed by atoms with Gasteiger partial charge < -0.3 is 9.47 Å². The van der Waals surface area contributed by atoms with Gasteiger partial charge in [-0.25, -0.2) is 0 Å². The van der Waals surface area contributed by atoms with Crippen molar-refractivity contribution in [3.05, 3.63) is 57.7 Å². The minimum atomic E-state index is -0.0913. The molecule has 1 aliphatic heterocycles. The predicted octanol–water partition coefficient (Wildman–Crippen LogP) is 9.79. The van der Waals surface area contributed by atoms with Crippen LogP contribution in [0.25, 0.3) is 0 Å². The summed E-state index contributed by atoms with van der Waals surface area (Å²) in [7, 11) is 0. The second-order valence-electron chi connectivity index (χ2n) is 10.6. The summed E-state index contributed by atoms with van der Waals surface area (Å²) in [5.74, 6) is 2.13. The molecule has 34 heavy (non-hydrogen) atoms. The SMILES string of the molecule is CC(C)=CCCC(C)=CCCC(C)=CCC[C@]1(C)CCc2cc(OCCCI)c(C)c(C)c2O1. The Morgan fingerprint density at radius 3 is 2.29 bits per heavy atom. The van der Waals surface area contributed by atoms with Gasteiger partial charge in [0.25, 0.3) is 0 Å². The van der Waals surface area contributed by atoms with Crippen LogP contribution in [0, 0.1) is 13.8 Å². The highest BCUT2D eigenvalue weighted by Crippen LogP contribution is 2.42. The van der Waals surface area contributed by atoms with E-state index in [0.29, 0.717) is 0 Å². The van der Waals surface area contributed by atoms with E-state index in [9.17, 15) is 0 Å². The van der Waals surface area contributed by atoms with Crippen molar-refractivity contribution >= 4 is 22.6 Å². The highest BCUT2D eigenvalue weighted by atomic mass is 127. The van der Waals surface area contributed by atoms with Crippen molar-refractivity contribution in [3.8, 4) is 11.5 Å². The van der Waals surface area contributed by atoms with E-state index in [1.54, 1.807) is 0 Å². The van der Waals surface area contributed by atoms with Crippen LogP contribution in [-0.2, 0) is 6.42 Å². The summed E-state index contributed by atoms with van der Waals surface area (Å²) in [5, 5.41) is 0. The van der Waals surface area contributed by atoms with Crippen molar-refractivity contribution in [3.63, 3.8) is 0 Å². The topological polar surface area (TPSA) is 18.5 Å². The van der Waals surface area contributed by atoms with E-state index in [1.165, 1.54) is 39.8 Å². The number of hydrogen-bond acceptors (Lipinski definition) is 2. The molecule has 0 saturated carbocycles. The van der Waals surface area contributed by atoms with Crippen LogP contribution in [0.15, 0.2) is 41.0 Å². The summed E-state index contributed by atoms with van der Waals surface area (Å²) in [4.78, 5) is 0. The average Bonchev–Trinajstić information content (AvgIpc) is 2.77. The molecular weight excluding hydrogens is 531 g/mol. The van der Waals surface area contributed by atoms with Crippen LogP contribution in [0.1, 0.15) is 103 Å². The van der Waals surface area contributed by atoms with Crippen molar-refractivity contribution in [2.24, 2.45) is 0 Å². The number of aryl methyl sites for hydroxylation is 1. The summed E-state index contributed by atoms with van der Waals surface area (Å²) in [6, 6.07) is 2.23. The van der Waals surface area contributed by atoms with Gasteiger partial charge in [-0.15, -0.1) is 0 Å². The number of ether oxygens (including phenoxy) is 2. The van der Waals surface area contributed by atoms with Crippen LogP contribution in [-0.4, -0.2) is 16.6 Å². The summed E-state index contributed by atoms with van der Waals surface area (Å²) >= 11 is 2.40. The van der Waals surface area contributed by atoms with Gasteiger partial charge in [0.15, 0.2) is 0 Å². The van der Waals surface area contributed by atoms with E-state index in [1.807, 2.05) is 0 Å². The second-order valence-corrected chi connectivity index (χ2v) is 11.6. The van der Waals surface area contributed by atoms with Crippen molar-refractivity contribution in [2.75, 3.05) is 11.0 Å². The fraction of sp³-hybridized carbons (Fsp3) is 0.613. The normalized spacial score (nSPS) is 18.4. The molecule has 3 heteroatoms. The van der Waals surface area contributed by atoms with Crippen LogP contribution in [0.2, 0.25) is 0 Å². The van der Waals surface area contributed by atoms with E-state index < -0.39 is 0 Å². The maximum atomic E-state index is 6.66. The number of allylic oxidation sites excluding steroid dienone is 6. The summed E-state index contributed by atoms with van der Waals surface area (Å²) in [6.07, 6.45) is 17.2. The zero-order valence-electron chi connectivity index (χ0n) is 22.8. The van der Waals surface area contributed by atoms with Crippen molar-refractivity contribution < 1.29 is 9.47 Å². The molecule has 0 bridgehead atoms. The van der Waals surface area contributed by atoms with E-state index >= 15 is 0 Å². The predicted molar refractivity (Wildman–Crippen MR) is 157 cm³/mol. The molecule has 1 aliphatic rings. The van der Waals surface area contributed by atoms with Crippen LogP contribution in [0.3, 0.4) is 0 Å². The van der Waals surface area contributed by atoms with Crippen LogP contribution in [0.5, 0.6) is 11.5 Å². The molecule has 0 unspecified atom stereocenters. The minimum Gasteiger partial charge on any atom is -0.493 e. The van der Waals surface area contributed by atoms with Gasteiger partial charge in [-0.1, -0.05) is 57.5 Å². The minimum absolute atomic E-state index is 0.0913. The lowest BCUT2D eigenvalue weighted by Crippen LogP contribution is -2.36. The van der Waals surface area contributed by atoms with Crippen molar-refractivity contribution in [1.82, 2.24) is 0 Å². The highest BCUT2D eigenvalue weighted by Gasteiger charge is 2.32. The first-order valence-electron chi connectivity index (χ1n) is 13.1. The molecular formula is C31H47IO2. The summed E-state index contributed by atoms with van der Waals surface area (Å²) < 4.78 is 13.9. The van der Waals surface area contributed by atoms with Gasteiger partial charge in [-0.3, -0.25) is 0 Å². The molecule has 2 nitrogen and oxygen atoms in total. The fourth-order valence-electron chi connectivity index (χ4n) is 4.48. The molecule has 0 N–H and O–H groups in total. The monoisotopic (exact) mass is 578 g/mol. The average molecular weight is 579 g/mol. The third-order valence-corrected chi connectivity index (χ3v) is 7.73. The van der Waals surface area contributed by atoms with Gasteiger partial charge in [0.05, 0.1) is 6.61 Å². The molecule has 0 fully saturated rings. The zero-order chi connectivity index (χ0) is 25.1. The molecule has 1 atom stereocenters. The van der Waals surface area contributed by atoms with Gasteiger partial charge in [-0.2, -0.15) is 0 Å². The molecule has 0 amide bonds. The van der Waals surface area contributed by atoms with E-state index in [-0.39, 0.29) is 5.60 Å². The van der Waals surface area contributed by atoms with Crippen LogP contribution < -0.4 is 9.47 Å². The number of fused-ring (bicyclic) bond motifs is 1. The molecule has 1 aromatic rings. The standard InChI is InChI=1S/C31H47IO2/c1-23(2)12-8-13-24(3)14-9-15-25(4)16-10-18-31(7)19-17-28-22-29(33-21-11-20-32)26(5)27(6)30(28)34-31/h12,14,16,22H,8-11,13,15,17-21H2,1-7H3/t31-/m1/s1. The van der Waals surface area contributed by atoms with Gasteiger partial charge in [0.2, 0.25) is 0 Å². The lowest BCUT2D eigenvalue weighted by Gasteiger charge is -2.37. The first-order valence-corrected chi connectivity index (χ1v) is 14.6. The van der Waals surface area contributed by atoms with E-state index in [0.717, 1.165) is 73.9 Å². The van der Waals surface area contributed by atoms with Crippen molar-refractivity contribution in [2.45, 2.75) is 112 Å². The number of halogens is 1. The van der Waals surface area contributed by atoms with E-state index in [4.69, 9.17) is 9.47 Å². The Morgan fingerprint density at radius 1 is 1.00 bits per heavy atom. The molecule has 0 aliphatic carbocycles. The second kappa shape index (κ2) is 14.4. The molecule has 1 aromatic carbocycles.